The van der Waals surface area contributed by atoms with Crippen LogP contribution in [0.4, 0.5) is 10.1 Å². The van der Waals surface area contributed by atoms with Gasteiger partial charge in [0.1, 0.15) is 0 Å². The average Bonchev–Trinajstić information content (AvgIpc) is 3.02. The molecule has 0 fully saturated rings. The zero-order valence-electron chi connectivity index (χ0n) is 13.9. The highest BCUT2D eigenvalue weighted by Crippen LogP contribution is 2.32. The van der Waals surface area contributed by atoms with E-state index >= 15 is 0 Å². The van der Waals surface area contributed by atoms with Crippen molar-refractivity contribution in [1.29, 1.82) is 0 Å². The molecule has 1 aromatic carbocycles. The van der Waals surface area contributed by atoms with Gasteiger partial charge in [0.15, 0.2) is 0 Å². The molecule has 0 saturated carbocycles. The van der Waals surface area contributed by atoms with Gasteiger partial charge in [-0.25, -0.2) is 0 Å². The van der Waals surface area contributed by atoms with Crippen molar-refractivity contribution in [2.45, 2.75) is 26.2 Å². The fourth-order valence-electron chi connectivity index (χ4n) is 2.86. The van der Waals surface area contributed by atoms with Gasteiger partial charge < -0.3 is 0 Å². The number of nitro benzene ring substituents is 1. The Kier molecular flexibility index (Phi) is 4.99. The number of rotatable bonds is 3. The summed E-state index contributed by atoms with van der Waals surface area (Å²) in [4.78, 5) is 35.8. The smallest absolute Gasteiger partial charge is 0.267 e. The number of halogens is 1. The molecule has 1 aliphatic carbocycles. The van der Waals surface area contributed by atoms with Gasteiger partial charge in [0, 0.05) is 16.5 Å². The molecule has 0 bridgehead atoms. The minimum absolute atomic E-state index is 0.127. The summed E-state index contributed by atoms with van der Waals surface area (Å²) in [7, 11) is 0. The van der Waals surface area contributed by atoms with Crippen molar-refractivity contribution >= 4 is 28.8 Å². The number of hydrogen-bond acceptors (Lipinski definition) is 5. The van der Waals surface area contributed by atoms with E-state index in [1.807, 2.05) is 6.07 Å². The van der Waals surface area contributed by atoms with E-state index in [1.54, 1.807) is 0 Å². The van der Waals surface area contributed by atoms with Crippen LogP contribution in [0.25, 0.3) is 0 Å². The molecule has 0 unspecified atom stereocenters. The molecule has 0 radical (unpaired) electrons. The number of amides is 2. The van der Waals surface area contributed by atoms with Crippen LogP contribution in [0, 0.1) is 21.8 Å². The van der Waals surface area contributed by atoms with Crippen molar-refractivity contribution in [2.75, 3.05) is 0 Å². The Bertz CT molecular complexity index is 896. The Morgan fingerprint density at radius 2 is 2.00 bits per heavy atom. The molecular weight excluding hydrogens is 361 g/mol. The molecule has 26 heavy (non-hydrogen) atoms. The minimum atomic E-state index is -1.03. The maximum atomic E-state index is 13.3. The summed E-state index contributed by atoms with van der Waals surface area (Å²) in [5.41, 5.74) is 4.72. The molecule has 0 spiro atoms. The third-order valence-corrected chi connectivity index (χ3v) is 5.48. The van der Waals surface area contributed by atoms with Crippen molar-refractivity contribution in [3.05, 3.63) is 61.1 Å². The fourth-order valence-corrected chi connectivity index (χ4v) is 3.96. The van der Waals surface area contributed by atoms with E-state index in [1.165, 1.54) is 21.8 Å². The minimum Gasteiger partial charge on any atom is -0.267 e. The molecule has 1 aromatic heterocycles. The second-order valence-electron chi connectivity index (χ2n) is 6.24. The Balaban J connectivity index is 1.65. The first kappa shape index (κ1) is 18.0. The highest BCUT2D eigenvalue weighted by Gasteiger charge is 2.21. The molecule has 3 rings (SSSR count). The van der Waals surface area contributed by atoms with Gasteiger partial charge in [0.2, 0.25) is 5.82 Å². The Hall–Kier alpha value is -2.81. The monoisotopic (exact) mass is 377 g/mol. The molecule has 1 atom stereocenters. The van der Waals surface area contributed by atoms with Crippen LogP contribution in [0.2, 0.25) is 0 Å². The van der Waals surface area contributed by atoms with Crippen LogP contribution in [0.3, 0.4) is 0 Å². The molecule has 7 nitrogen and oxygen atoms in total. The number of nitrogens with zero attached hydrogens (tertiary/aromatic N) is 1. The third kappa shape index (κ3) is 3.72. The summed E-state index contributed by atoms with van der Waals surface area (Å²) in [6.07, 6.45) is 2.97. The van der Waals surface area contributed by atoms with Gasteiger partial charge in [-0.2, -0.15) is 4.39 Å². The van der Waals surface area contributed by atoms with E-state index in [0.29, 0.717) is 10.8 Å². The SMILES string of the molecule is C[C@@H]1CCc2sc(C(=O)NNC(=O)c3ccc(F)c([N+](=O)[O-])c3)cc2C1. The van der Waals surface area contributed by atoms with Crippen molar-refractivity contribution in [3.63, 3.8) is 0 Å². The third-order valence-electron chi connectivity index (χ3n) is 4.25. The van der Waals surface area contributed by atoms with Gasteiger partial charge in [0.05, 0.1) is 9.80 Å². The van der Waals surface area contributed by atoms with Gasteiger partial charge in [-0.05, 0) is 48.9 Å². The quantitative estimate of drug-likeness (QED) is 0.634. The maximum Gasteiger partial charge on any atom is 0.305 e. The first-order valence-corrected chi connectivity index (χ1v) is 8.83. The van der Waals surface area contributed by atoms with Crippen LogP contribution in [-0.2, 0) is 12.8 Å². The van der Waals surface area contributed by atoms with Crippen molar-refractivity contribution in [3.8, 4) is 0 Å². The van der Waals surface area contributed by atoms with E-state index < -0.39 is 28.2 Å². The van der Waals surface area contributed by atoms with Gasteiger partial charge in [-0.15, -0.1) is 11.3 Å². The second-order valence-corrected chi connectivity index (χ2v) is 7.38. The molecule has 0 aliphatic heterocycles. The topological polar surface area (TPSA) is 101 Å². The van der Waals surface area contributed by atoms with Gasteiger partial charge in [-0.3, -0.25) is 30.6 Å². The second kappa shape index (κ2) is 7.20. The maximum absolute atomic E-state index is 13.3. The lowest BCUT2D eigenvalue weighted by molar-refractivity contribution is -0.387. The lowest BCUT2D eigenvalue weighted by atomic mass is 9.90. The zero-order chi connectivity index (χ0) is 18.8. The Labute approximate surface area is 152 Å². The average molecular weight is 377 g/mol. The molecule has 2 N–H and O–H groups in total. The number of hydrogen-bond donors (Lipinski definition) is 2. The molecule has 1 aliphatic rings. The van der Waals surface area contributed by atoms with Crippen LogP contribution >= 0.6 is 11.3 Å². The predicted octanol–water partition coefficient (Wildman–Crippen LogP) is 3.00. The Morgan fingerprint density at radius 1 is 1.27 bits per heavy atom. The largest absolute Gasteiger partial charge is 0.305 e. The highest BCUT2D eigenvalue weighted by atomic mass is 32.1. The van der Waals surface area contributed by atoms with Gasteiger partial charge >= 0.3 is 5.69 Å². The number of aryl methyl sites for hydroxylation is 1. The van der Waals surface area contributed by atoms with E-state index in [9.17, 15) is 24.1 Å². The summed E-state index contributed by atoms with van der Waals surface area (Å²) in [6.45, 7) is 2.17. The lowest BCUT2D eigenvalue weighted by Gasteiger charge is -2.16. The van der Waals surface area contributed by atoms with Crippen molar-refractivity contribution < 1.29 is 18.9 Å². The fraction of sp³-hybridized carbons (Fsp3) is 0.294. The number of nitro groups is 1. The first-order valence-electron chi connectivity index (χ1n) is 8.01. The standard InChI is InChI=1S/C17H16FN3O4S/c1-9-2-5-14-11(6-9)8-15(26-14)17(23)20-19-16(22)10-3-4-12(18)13(7-10)21(24)25/h3-4,7-9H,2,5-6H2,1H3,(H,19,22)(H,20,23)/t9-/m1/s1. The number of hydrazine groups is 1. The molecule has 0 saturated heterocycles. The lowest BCUT2D eigenvalue weighted by Crippen LogP contribution is -2.41. The van der Waals surface area contributed by atoms with Crippen LogP contribution in [0.1, 0.15) is 43.8 Å². The number of thiophene rings is 1. The van der Waals surface area contributed by atoms with E-state index in [4.69, 9.17) is 0 Å². The summed E-state index contributed by atoms with van der Waals surface area (Å²) >= 11 is 1.40. The van der Waals surface area contributed by atoms with Gasteiger partial charge in [-0.1, -0.05) is 6.92 Å². The summed E-state index contributed by atoms with van der Waals surface area (Å²) in [5, 5.41) is 10.7. The molecular formula is C17H16FN3O4S. The number of benzene rings is 1. The molecule has 9 heteroatoms. The first-order chi connectivity index (χ1) is 12.3. The molecule has 2 amide bonds. The van der Waals surface area contributed by atoms with Crippen LogP contribution in [0.5, 0.6) is 0 Å². The molecule has 1 heterocycles. The van der Waals surface area contributed by atoms with E-state index in [2.05, 4.69) is 17.8 Å². The number of nitrogens with one attached hydrogen (secondary N) is 2. The number of fused-ring (bicyclic) bond motifs is 1. The summed E-state index contributed by atoms with van der Waals surface area (Å²) < 4.78 is 13.3. The normalized spacial score (nSPS) is 15.8. The zero-order valence-corrected chi connectivity index (χ0v) is 14.7. The number of carbonyl (C=O) groups is 2. The van der Waals surface area contributed by atoms with E-state index in [0.717, 1.165) is 37.5 Å². The van der Waals surface area contributed by atoms with Crippen LogP contribution in [-0.4, -0.2) is 16.7 Å². The van der Waals surface area contributed by atoms with Crippen molar-refractivity contribution in [2.24, 2.45) is 5.92 Å². The van der Waals surface area contributed by atoms with Crippen molar-refractivity contribution in [1.82, 2.24) is 10.9 Å². The predicted molar refractivity (Wildman–Crippen MR) is 93.5 cm³/mol. The van der Waals surface area contributed by atoms with Crippen LogP contribution in [0.15, 0.2) is 24.3 Å². The Morgan fingerprint density at radius 3 is 2.73 bits per heavy atom. The molecule has 136 valence electrons. The van der Waals surface area contributed by atoms with Gasteiger partial charge in [0.25, 0.3) is 11.8 Å². The highest BCUT2D eigenvalue weighted by molar-refractivity contribution is 7.14. The van der Waals surface area contributed by atoms with E-state index in [-0.39, 0.29) is 5.56 Å². The van der Waals surface area contributed by atoms with Crippen LogP contribution < -0.4 is 10.9 Å². The summed E-state index contributed by atoms with van der Waals surface area (Å²) in [6, 6.07) is 4.60. The summed E-state index contributed by atoms with van der Waals surface area (Å²) in [5.74, 6) is -1.67. The number of carbonyl (C=O) groups excluding carboxylic acids is 2. The molecule has 2 aromatic rings.